The Balaban J connectivity index is 0.00000200. The second-order valence-corrected chi connectivity index (χ2v) is 5.37. The van der Waals surface area contributed by atoms with Crippen molar-refractivity contribution in [2.24, 2.45) is 5.92 Å². The molecule has 0 bridgehead atoms. The van der Waals surface area contributed by atoms with E-state index < -0.39 is 0 Å². The van der Waals surface area contributed by atoms with E-state index in [-0.39, 0.29) is 7.43 Å². The molecule has 0 amide bonds. The van der Waals surface area contributed by atoms with Crippen LogP contribution in [-0.4, -0.2) is 10.2 Å². The summed E-state index contributed by atoms with van der Waals surface area (Å²) in [5.74, 6) is 1.18. The van der Waals surface area contributed by atoms with Gasteiger partial charge in [-0.05, 0) is 41.2 Å². The van der Waals surface area contributed by atoms with Gasteiger partial charge in [-0.3, -0.25) is 0 Å². The predicted octanol–water partition coefficient (Wildman–Crippen LogP) is 4.52. The topological polar surface area (TPSA) is 40.5 Å². The van der Waals surface area contributed by atoms with Gasteiger partial charge in [-0.2, -0.15) is 0 Å². The van der Waals surface area contributed by atoms with Crippen LogP contribution in [0, 0.1) is 5.92 Å². The number of rotatable bonds is 4. The summed E-state index contributed by atoms with van der Waals surface area (Å²) < 4.78 is 0. The first-order valence-electron chi connectivity index (χ1n) is 6.64. The third-order valence-corrected chi connectivity index (χ3v) is 3.16. The van der Waals surface area contributed by atoms with E-state index in [1.165, 1.54) is 0 Å². The molecule has 0 fully saturated rings. The first-order valence-corrected chi connectivity index (χ1v) is 6.64. The number of aromatic hydroxyl groups is 2. The fourth-order valence-corrected chi connectivity index (χ4v) is 2.23. The van der Waals surface area contributed by atoms with Gasteiger partial charge in [-0.15, -0.1) is 0 Å². The molecular formula is C18H24O2. The van der Waals surface area contributed by atoms with Crippen molar-refractivity contribution in [3.63, 3.8) is 0 Å². The average molecular weight is 272 g/mol. The van der Waals surface area contributed by atoms with Crippen molar-refractivity contribution in [1.82, 2.24) is 0 Å². The maximum atomic E-state index is 9.86. The van der Waals surface area contributed by atoms with E-state index in [0.29, 0.717) is 23.8 Å². The highest BCUT2D eigenvalue weighted by Crippen LogP contribution is 2.25. The van der Waals surface area contributed by atoms with Gasteiger partial charge in [0, 0.05) is 6.42 Å². The Hall–Kier alpha value is -1.96. The minimum atomic E-state index is 0. The first kappa shape index (κ1) is 16.1. The summed E-state index contributed by atoms with van der Waals surface area (Å²) >= 11 is 0. The SMILES string of the molecule is C.CC(C)Cc1cc(Cc2ccccc2O)ccc1O. The molecule has 2 heteroatoms. The summed E-state index contributed by atoms with van der Waals surface area (Å²) in [7, 11) is 0. The second kappa shape index (κ2) is 6.99. The molecule has 0 unspecified atom stereocenters. The lowest BCUT2D eigenvalue weighted by atomic mass is 9.97. The number of para-hydroxylation sites is 1. The number of hydrogen-bond acceptors (Lipinski definition) is 2. The lowest BCUT2D eigenvalue weighted by Gasteiger charge is -2.10. The zero-order chi connectivity index (χ0) is 13.8. The van der Waals surface area contributed by atoms with E-state index in [0.717, 1.165) is 23.1 Å². The monoisotopic (exact) mass is 272 g/mol. The summed E-state index contributed by atoms with van der Waals surface area (Å²) in [5, 5.41) is 19.6. The largest absolute Gasteiger partial charge is 0.508 e. The number of phenols is 2. The Labute approximate surface area is 121 Å². The van der Waals surface area contributed by atoms with Crippen LogP contribution in [-0.2, 0) is 12.8 Å². The molecule has 20 heavy (non-hydrogen) atoms. The van der Waals surface area contributed by atoms with E-state index in [1.54, 1.807) is 12.1 Å². The predicted molar refractivity (Wildman–Crippen MR) is 84.3 cm³/mol. The van der Waals surface area contributed by atoms with Crippen LogP contribution in [0.5, 0.6) is 11.5 Å². The smallest absolute Gasteiger partial charge is 0.119 e. The first-order chi connectivity index (χ1) is 9.06. The van der Waals surface area contributed by atoms with Crippen molar-refractivity contribution in [3.05, 3.63) is 59.2 Å². The zero-order valence-corrected chi connectivity index (χ0v) is 11.4. The molecular weight excluding hydrogens is 248 g/mol. The Kier molecular flexibility index (Phi) is 5.63. The van der Waals surface area contributed by atoms with Crippen molar-refractivity contribution in [3.8, 4) is 11.5 Å². The zero-order valence-electron chi connectivity index (χ0n) is 11.4. The van der Waals surface area contributed by atoms with Gasteiger partial charge >= 0.3 is 0 Å². The van der Waals surface area contributed by atoms with Crippen LogP contribution in [0.3, 0.4) is 0 Å². The Morgan fingerprint density at radius 1 is 0.900 bits per heavy atom. The molecule has 0 aliphatic heterocycles. The summed E-state index contributed by atoms with van der Waals surface area (Å²) in [6.07, 6.45) is 1.54. The van der Waals surface area contributed by atoms with E-state index >= 15 is 0 Å². The van der Waals surface area contributed by atoms with Crippen LogP contribution in [0.25, 0.3) is 0 Å². The van der Waals surface area contributed by atoms with Gasteiger partial charge < -0.3 is 10.2 Å². The molecule has 2 aromatic rings. The van der Waals surface area contributed by atoms with Crippen LogP contribution in [0.15, 0.2) is 42.5 Å². The van der Waals surface area contributed by atoms with Crippen molar-refractivity contribution < 1.29 is 10.2 Å². The quantitative estimate of drug-likeness (QED) is 0.859. The van der Waals surface area contributed by atoms with Crippen LogP contribution >= 0.6 is 0 Å². The molecule has 0 saturated heterocycles. The van der Waals surface area contributed by atoms with Gasteiger partial charge in [0.2, 0.25) is 0 Å². The minimum Gasteiger partial charge on any atom is -0.508 e. The van der Waals surface area contributed by atoms with Gasteiger partial charge in [-0.1, -0.05) is 51.6 Å². The molecule has 108 valence electrons. The molecule has 2 rings (SSSR count). The number of hydrogen-bond donors (Lipinski definition) is 2. The molecule has 0 atom stereocenters. The fourth-order valence-electron chi connectivity index (χ4n) is 2.23. The molecule has 0 spiro atoms. The molecule has 0 aliphatic carbocycles. The van der Waals surface area contributed by atoms with Crippen molar-refractivity contribution >= 4 is 0 Å². The summed E-state index contributed by atoms with van der Waals surface area (Å²) in [6, 6.07) is 13.0. The number of phenolic OH excluding ortho intramolecular Hbond substituents is 2. The lowest BCUT2D eigenvalue weighted by molar-refractivity contribution is 0.462. The van der Waals surface area contributed by atoms with Crippen LogP contribution in [0.1, 0.15) is 38.0 Å². The fraction of sp³-hybridized carbons (Fsp3) is 0.333. The average Bonchev–Trinajstić information content (AvgIpc) is 2.35. The maximum absolute atomic E-state index is 9.86. The molecule has 0 aliphatic rings. The highest BCUT2D eigenvalue weighted by atomic mass is 16.3. The molecule has 0 aromatic heterocycles. The Morgan fingerprint density at radius 3 is 2.20 bits per heavy atom. The van der Waals surface area contributed by atoms with Crippen molar-refractivity contribution in [1.29, 1.82) is 0 Å². The summed E-state index contributed by atoms with van der Waals surface area (Å²) in [4.78, 5) is 0. The van der Waals surface area contributed by atoms with E-state index in [9.17, 15) is 10.2 Å². The summed E-state index contributed by atoms with van der Waals surface area (Å²) in [5.41, 5.74) is 2.99. The molecule has 0 heterocycles. The van der Waals surface area contributed by atoms with E-state index in [2.05, 4.69) is 13.8 Å². The highest BCUT2D eigenvalue weighted by Gasteiger charge is 2.07. The van der Waals surface area contributed by atoms with Crippen LogP contribution in [0.2, 0.25) is 0 Å². The third-order valence-electron chi connectivity index (χ3n) is 3.16. The van der Waals surface area contributed by atoms with E-state index in [1.807, 2.05) is 30.3 Å². The second-order valence-electron chi connectivity index (χ2n) is 5.37. The van der Waals surface area contributed by atoms with E-state index in [4.69, 9.17) is 0 Å². The molecule has 0 saturated carbocycles. The van der Waals surface area contributed by atoms with Gasteiger partial charge in [0.25, 0.3) is 0 Å². The molecule has 2 nitrogen and oxygen atoms in total. The molecule has 2 N–H and O–H groups in total. The van der Waals surface area contributed by atoms with Gasteiger partial charge in [-0.25, -0.2) is 0 Å². The summed E-state index contributed by atoms with van der Waals surface area (Å²) in [6.45, 7) is 4.27. The highest BCUT2D eigenvalue weighted by molar-refractivity contribution is 5.41. The lowest BCUT2D eigenvalue weighted by Crippen LogP contribution is -1.97. The molecule has 2 aromatic carbocycles. The molecule has 0 radical (unpaired) electrons. The Morgan fingerprint density at radius 2 is 1.55 bits per heavy atom. The van der Waals surface area contributed by atoms with Crippen molar-refractivity contribution in [2.75, 3.05) is 0 Å². The van der Waals surface area contributed by atoms with Gasteiger partial charge in [0.05, 0.1) is 0 Å². The van der Waals surface area contributed by atoms with Gasteiger partial charge in [0.1, 0.15) is 11.5 Å². The standard InChI is InChI=1S/C17H20O2.CH4/c1-12(2)9-15-11-13(7-8-17(15)19)10-14-5-3-4-6-16(14)18;/h3-8,11-12,18-19H,9-10H2,1-2H3;1H4. The van der Waals surface area contributed by atoms with Crippen LogP contribution in [0.4, 0.5) is 0 Å². The Bertz CT molecular complexity index is 559. The minimum absolute atomic E-state index is 0. The normalized spacial score (nSPS) is 10.3. The van der Waals surface area contributed by atoms with Crippen LogP contribution < -0.4 is 0 Å². The third kappa shape index (κ3) is 4.02. The van der Waals surface area contributed by atoms with Crippen molar-refractivity contribution in [2.45, 2.75) is 34.1 Å². The van der Waals surface area contributed by atoms with Gasteiger partial charge in [0.15, 0.2) is 0 Å². The maximum Gasteiger partial charge on any atom is 0.119 e. The number of benzene rings is 2.